The van der Waals surface area contributed by atoms with Crippen LogP contribution in [0, 0.1) is 13.8 Å². The van der Waals surface area contributed by atoms with Gasteiger partial charge in [0.2, 0.25) is 0 Å². The Morgan fingerprint density at radius 1 is 1.15 bits per heavy atom. The van der Waals surface area contributed by atoms with Crippen LogP contribution in [0.4, 0.5) is 0 Å². The number of aryl methyl sites for hydroxylation is 2. The number of pyridine rings is 1. The van der Waals surface area contributed by atoms with Crippen LogP contribution in [0.3, 0.4) is 0 Å². The fraction of sp³-hybridized carbons (Fsp3) is 0.188. The van der Waals surface area contributed by atoms with Gasteiger partial charge in [-0.2, -0.15) is 0 Å². The van der Waals surface area contributed by atoms with Crippen LogP contribution in [0.5, 0.6) is 5.75 Å². The molecule has 3 nitrogen and oxygen atoms in total. The van der Waals surface area contributed by atoms with Crippen LogP contribution in [0.25, 0.3) is 16.9 Å². The second-order valence-corrected chi connectivity index (χ2v) is 5.34. The van der Waals surface area contributed by atoms with Gasteiger partial charge < -0.3 is 9.14 Å². The van der Waals surface area contributed by atoms with Crippen molar-refractivity contribution >= 4 is 17.2 Å². The predicted molar refractivity (Wildman–Crippen MR) is 81.7 cm³/mol. The summed E-state index contributed by atoms with van der Waals surface area (Å²) in [4.78, 5) is 4.64. The van der Waals surface area contributed by atoms with E-state index >= 15 is 0 Å². The first kappa shape index (κ1) is 13.0. The first-order chi connectivity index (χ1) is 9.58. The normalized spacial score (nSPS) is 11.0. The first-order valence-electron chi connectivity index (χ1n) is 6.38. The maximum absolute atomic E-state index is 6.01. The lowest BCUT2D eigenvalue weighted by Gasteiger charge is -2.10. The lowest BCUT2D eigenvalue weighted by molar-refractivity contribution is 0.413. The van der Waals surface area contributed by atoms with Crippen LogP contribution < -0.4 is 4.74 Å². The van der Waals surface area contributed by atoms with Gasteiger partial charge in [-0.25, -0.2) is 4.98 Å². The molecule has 2 aromatic heterocycles. The van der Waals surface area contributed by atoms with Crippen molar-refractivity contribution < 1.29 is 4.74 Å². The van der Waals surface area contributed by atoms with E-state index in [4.69, 9.17) is 16.3 Å². The Bertz CT molecular complexity index is 793. The van der Waals surface area contributed by atoms with E-state index in [2.05, 4.69) is 24.0 Å². The lowest BCUT2D eigenvalue weighted by Crippen LogP contribution is -1.92. The summed E-state index contributed by atoms with van der Waals surface area (Å²) in [5, 5.41) is 0.689. The van der Waals surface area contributed by atoms with Crippen LogP contribution in [0.1, 0.15) is 11.1 Å². The number of hydrogen-bond donors (Lipinski definition) is 0. The molecular weight excluding hydrogens is 272 g/mol. The number of hydrogen-bond acceptors (Lipinski definition) is 2. The Morgan fingerprint density at radius 2 is 1.95 bits per heavy atom. The Balaban J connectivity index is 2.24. The van der Waals surface area contributed by atoms with Crippen LogP contribution in [-0.2, 0) is 0 Å². The quantitative estimate of drug-likeness (QED) is 0.703. The standard InChI is InChI=1S/C16H15ClN2O/c1-10-6-11(2)16(20-3)13(7-10)14-9-19-8-12(17)4-5-15(19)18-14/h4-9H,1-3H3. The number of rotatable bonds is 2. The van der Waals surface area contributed by atoms with Crippen LogP contribution in [-0.4, -0.2) is 16.5 Å². The topological polar surface area (TPSA) is 26.5 Å². The molecule has 0 fully saturated rings. The van der Waals surface area contributed by atoms with E-state index in [1.54, 1.807) is 7.11 Å². The number of ether oxygens (including phenoxy) is 1. The molecule has 102 valence electrons. The SMILES string of the molecule is COc1c(C)cc(C)cc1-c1cn2cc(Cl)ccc2n1. The average molecular weight is 287 g/mol. The van der Waals surface area contributed by atoms with Gasteiger partial charge in [-0.1, -0.05) is 17.7 Å². The van der Waals surface area contributed by atoms with Gasteiger partial charge in [0, 0.05) is 18.0 Å². The van der Waals surface area contributed by atoms with E-state index in [1.807, 2.05) is 35.9 Å². The monoisotopic (exact) mass is 286 g/mol. The molecule has 1 aromatic carbocycles. The highest BCUT2D eigenvalue weighted by molar-refractivity contribution is 6.30. The molecule has 0 aliphatic rings. The second kappa shape index (κ2) is 4.84. The van der Waals surface area contributed by atoms with E-state index in [0.717, 1.165) is 28.2 Å². The number of fused-ring (bicyclic) bond motifs is 1. The van der Waals surface area contributed by atoms with Gasteiger partial charge in [-0.15, -0.1) is 0 Å². The molecule has 0 unspecified atom stereocenters. The fourth-order valence-electron chi connectivity index (χ4n) is 2.51. The number of halogens is 1. The number of nitrogens with zero attached hydrogens (tertiary/aromatic N) is 2. The molecule has 0 radical (unpaired) electrons. The summed E-state index contributed by atoms with van der Waals surface area (Å²) in [5.41, 5.74) is 5.05. The molecule has 0 aliphatic heterocycles. The van der Waals surface area contributed by atoms with Crippen LogP contribution in [0.2, 0.25) is 5.02 Å². The molecule has 0 spiro atoms. The van der Waals surface area contributed by atoms with Crippen LogP contribution in [0.15, 0.2) is 36.7 Å². The Hall–Kier alpha value is -2.00. The molecule has 3 aromatic rings. The van der Waals surface area contributed by atoms with E-state index in [9.17, 15) is 0 Å². The van der Waals surface area contributed by atoms with Crippen molar-refractivity contribution in [1.82, 2.24) is 9.38 Å². The summed E-state index contributed by atoms with van der Waals surface area (Å²) in [7, 11) is 1.69. The highest BCUT2D eigenvalue weighted by Crippen LogP contribution is 2.33. The zero-order valence-electron chi connectivity index (χ0n) is 11.6. The van der Waals surface area contributed by atoms with Crippen LogP contribution >= 0.6 is 11.6 Å². The minimum absolute atomic E-state index is 0.689. The van der Waals surface area contributed by atoms with Crippen molar-refractivity contribution in [1.29, 1.82) is 0 Å². The predicted octanol–water partition coefficient (Wildman–Crippen LogP) is 4.28. The smallest absolute Gasteiger partial charge is 0.137 e. The van der Waals surface area contributed by atoms with Gasteiger partial charge in [-0.3, -0.25) is 0 Å². The Kier molecular flexibility index (Phi) is 3.14. The van der Waals surface area contributed by atoms with Gasteiger partial charge in [0.05, 0.1) is 17.8 Å². The third-order valence-corrected chi connectivity index (χ3v) is 3.54. The number of aromatic nitrogens is 2. The Labute approximate surface area is 122 Å². The van der Waals surface area contributed by atoms with Crippen molar-refractivity contribution in [3.05, 3.63) is 52.8 Å². The molecule has 2 heterocycles. The van der Waals surface area contributed by atoms with Crippen molar-refractivity contribution in [3.63, 3.8) is 0 Å². The molecule has 3 rings (SSSR count). The van der Waals surface area contributed by atoms with Crippen molar-refractivity contribution in [3.8, 4) is 17.0 Å². The summed E-state index contributed by atoms with van der Waals surface area (Å²) in [6, 6.07) is 7.94. The molecule has 0 aliphatic carbocycles. The average Bonchev–Trinajstić information content (AvgIpc) is 2.80. The minimum Gasteiger partial charge on any atom is -0.496 e. The summed E-state index contributed by atoms with van der Waals surface area (Å²) in [6.45, 7) is 4.12. The van der Waals surface area contributed by atoms with Gasteiger partial charge in [0.1, 0.15) is 11.4 Å². The number of methoxy groups -OCH3 is 1. The maximum atomic E-state index is 6.01. The van der Waals surface area contributed by atoms with E-state index in [0.29, 0.717) is 5.02 Å². The third kappa shape index (κ3) is 2.14. The van der Waals surface area contributed by atoms with Gasteiger partial charge in [0.15, 0.2) is 0 Å². The van der Waals surface area contributed by atoms with E-state index < -0.39 is 0 Å². The summed E-state index contributed by atoms with van der Waals surface area (Å²) in [5.74, 6) is 0.866. The zero-order valence-corrected chi connectivity index (χ0v) is 12.4. The van der Waals surface area contributed by atoms with E-state index in [-0.39, 0.29) is 0 Å². The van der Waals surface area contributed by atoms with Crippen molar-refractivity contribution in [2.75, 3.05) is 7.11 Å². The summed E-state index contributed by atoms with van der Waals surface area (Å²) in [6.07, 6.45) is 3.82. The van der Waals surface area contributed by atoms with Crippen molar-refractivity contribution in [2.45, 2.75) is 13.8 Å². The number of benzene rings is 1. The van der Waals surface area contributed by atoms with Gasteiger partial charge in [0.25, 0.3) is 0 Å². The molecular formula is C16H15ClN2O. The largest absolute Gasteiger partial charge is 0.496 e. The molecule has 0 atom stereocenters. The lowest BCUT2D eigenvalue weighted by atomic mass is 10.0. The number of imidazole rings is 1. The minimum atomic E-state index is 0.689. The molecule has 0 bridgehead atoms. The summed E-state index contributed by atoms with van der Waals surface area (Å²) < 4.78 is 7.46. The highest BCUT2D eigenvalue weighted by Gasteiger charge is 2.13. The second-order valence-electron chi connectivity index (χ2n) is 4.90. The van der Waals surface area contributed by atoms with Crippen molar-refractivity contribution in [2.24, 2.45) is 0 Å². The molecule has 0 saturated carbocycles. The van der Waals surface area contributed by atoms with Gasteiger partial charge in [-0.05, 0) is 43.2 Å². The summed E-state index contributed by atoms with van der Waals surface area (Å²) >= 11 is 6.01. The highest BCUT2D eigenvalue weighted by atomic mass is 35.5. The molecule has 0 amide bonds. The first-order valence-corrected chi connectivity index (χ1v) is 6.76. The molecule has 20 heavy (non-hydrogen) atoms. The zero-order chi connectivity index (χ0) is 14.3. The molecule has 4 heteroatoms. The van der Waals surface area contributed by atoms with Gasteiger partial charge >= 0.3 is 0 Å². The Morgan fingerprint density at radius 3 is 2.70 bits per heavy atom. The molecule has 0 saturated heterocycles. The fourth-order valence-corrected chi connectivity index (χ4v) is 2.68. The molecule has 0 N–H and O–H groups in total. The third-order valence-electron chi connectivity index (χ3n) is 3.31. The maximum Gasteiger partial charge on any atom is 0.137 e. The van der Waals surface area contributed by atoms with E-state index in [1.165, 1.54) is 5.56 Å².